The smallest absolute Gasteiger partial charge is 0.297 e. The van der Waals surface area contributed by atoms with Crippen molar-refractivity contribution >= 4 is 10.9 Å². The van der Waals surface area contributed by atoms with E-state index in [4.69, 9.17) is 9.47 Å². The minimum absolute atomic E-state index is 0.228. The second-order valence-electron chi connectivity index (χ2n) is 8.95. The molecule has 0 radical (unpaired) electrons. The lowest BCUT2D eigenvalue weighted by Gasteiger charge is -2.17. The van der Waals surface area contributed by atoms with Gasteiger partial charge in [-0.15, -0.1) is 0 Å². The molecule has 0 fully saturated rings. The van der Waals surface area contributed by atoms with Crippen LogP contribution in [0.5, 0.6) is 17.2 Å². The molecule has 0 aliphatic carbocycles. The van der Waals surface area contributed by atoms with Crippen LogP contribution in [0.1, 0.15) is 64.9 Å². The molecule has 5 heteroatoms. The number of pyridine rings is 1. The van der Waals surface area contributed by atoms with E-state index in [0.717, 1.165) is 30.4 Å². The molecule has 0 saturated heterocycles. The molecule has 5 nitrogen and oxygen atoms in total. The van der Waals surface area contributed by atoms with Crippen molar-refractivity contribution in [2.24, 2.45) is 0 Å². The summed E-state index contributed by atoms with van der Waals surface area (Å²) in [6, 6.07) is 15.6. The van der Waals surface area contributed by atoms with E-state index in [1.807, 2.05) is 68.5 Å². The minimum atomic E-state index is -0.423. The minimum Gasteiger partial charge on any atom is -0.500 e. The second-order valence-corrected chi connectivity index (χ2v) is 8.95. The van der Waals surface area contributed by atoms with E-state index in [9.17, 15) is 9.90 Å². The van der Waals surface area contributed by atoms with Crippen LogP contribution in [-0.2, 0) is 13.2 Å². The predicted molar refractivity (Wildman–Crippen MR) is 139 cm³/mol. The molecular weight excluding hydrogens is 426 g/mol. The molecule has 0 aliphatic rings. The Morgan fingerprint density at radius 3 is 2.44 bits per heavy atom. The number of aromatic nitrogens is 1. The lowest BCUT2D eigenvalue weighted by molar-refractivity contribution is 0.306. The van der Waals surface area contributed by atoms with Crippen molar-refractivity contribution in [3.05, 3.63) is 76.1 Å². The van der Waals surface area contributed by atoms with Gasteiger partial charge < -0.3 is 19.1 Å². The molecular formula is C29H37NO4. The molecule has 3 aromatic rings. The van der Waals surface area contributed by atoms with E-state index in [-0.39, 0.29) is 18.1 Å². The molecule has 1 aromatic heterocycles. The molecule has 182 valence electrons. The monoisotopic (exact) mass is 463 g/mol. The Labute approximate surface area is 202 Å². The molecule has 1 heterocycles. The van der Waals surface area contributed by atoms with Gasteiger partial charge in [0.2, 0.25) is 5.75 Å². The third-order valence-electron chi connectivity index (χ3n) is 5.87. The van der Waals surface area contributed by atoms with Crippen molar-refractivity contribution in [1.29, 1.82) is 0 Å². The summed E-state index contributed by atoms with van der Waals surface area (Å²) in [4.78, 5) is 13.1. The van der Waals surface area contributed by atoms with Crippen molar-refractivity contribution in [1.82, 2.24) is 4.57 Å². The maximum Gasteiger partial charge on any atom is 0.297 e. The fourth-order valence-electron chi connectivity index (χ4n) is 3.93. The number of aromatic hydroxyl groups is 1. The highest BCUT2D eigenvalue weighted by atomic mass is 16.5. The Morgan fingerprint density at radius 2 is 1.71 bits per heavy atom. The Kier molecular flexibility index (Phi) is 9.62. The Bertz CT molecular complexity index is 1140. The van der Waals surface area contributed by atoms with Crippen LogP contribution >= 0.6 is 0 Å². The van der Waals surface area contributed by atoms with Gasteiger partial charge in [0.25, 0.3) is 5.56 Å². The number of aryl methyl sites for hydroxylation is 1. The van der Waals surface area contributed by atoms with Crippen LogP contribution in [0.25, 0.3) is 10.9 Å². The first-order valence-electron chi connectivity index (χ1n) is 12.3. The zero-order valence-electron chi connectivity index (χ0n) is 20.7. The lowest BCUT2D eigenvalue weighted by Crippen LogP contribution is -2.21. The highest BCUT2D eigenvalue weighted by Gasteiger charge is 2.18. The molecule has 0 saturated carbocycles. The Hall–Kier alpha value is -3.21. The standard InChI is InChI=1S/C29H37NO4/c1-4-5-6-7-8-12-18-30-26-20-24(34-21-23-13-10-9-11-14-23)15-16-25(26)28(27(31)29(30)32)33-19-17-22(2)3/h9-11,13-17,20,31H,4-8,12,18-19,21H2,1-3H3. The molecule has 0 atom stereocenters. The zero-order chi connectivity index (χ0) is 24.3. The first kappa shape index (κ1) is 25.4. The zero-order valence-corrected chi connectivity index (χ0v) is 20.7. The van der Waals surface area contributed by atoms with Crippen LogP contribution in [0, 0.1) is 0 Å². The second kappa shape index (κ2) is 12.9. The molecule has 0 aliphatic heterocycles. The number of hydrogen-bond acceptors (Lipinski definition) is 4. The van der Waals surface area contributed by atoms with Crippen molar-refractivity contribution in [2.75, 3.05) is 6.61 Å². The summed E-state index contributed by atoms with van der Waals surface area (Å²) >= 11 is 0. The Balaban J connectivity index is 1.91. The Morgan fingerprint density at radius 1 is 0.971 bits per heavy atom. The first-order valence-corrected chi connectivity index (χ1v) is 12.3. The van der Waals surface area contributed by atoms with Crippen LogP contribution in [0.3, 0.4) is 0 Å². The number of unbranched alkanes of at least 4 members (excludes halogenated alkanes) is 5. The molecule has 1 N–H and O–H groups in total. The van der Waals surface area contributed by atoms with Crippen LogP contribution in [-0.4, -0.2) is 16.3 Å². The number of nitrogens with zero attached hydrogens (tertiary/aromatic N) is 1. The molecule has 34 heavy (non-hydrogen) atoms. The fraction of sp³-hybridized carbons (Fsp3) is 0.414. The summed E-state index contributed by atoms with van der Waals surface area (Å²) in [5.74, 6) is 0.568. The maximum absolute atomic E-state index is 13.1. The third kappa shape index (κ3) is 6.89. The lowest BCUT2D eigenvalue weighted by atomic mass is 10.1. The average molecular weight is 464 g/mol. The summed E-state index contributed by atoms with van der Waals surface area (Å²) < 4.78 is 13.5. The molecule has 2 aromatic carbocycles. The number of benzene rings is 2. The predicted octanol–water partition coefficient (Wildman–Crippen LogP) is 6.99. The SMILES string of the molecule is CCCCCCCCn1c(=O)c(O)c(OCC=C(C)C)c2ccc(OCc3ccccc3)cc21. The van der Waals surface area contributed by atoms with Crippen molar-refractivity contribution in [2.45, 2.75) is 72.4 Å². The third-order valence-corrected chi connectivity index (χ3v) is 5.87. The molecule has 0 bridgehead atoms. The van der Waals surface area contributed by atoms with Crippen molar-refractivity contribution in [3.8, 4) is 17.2 Å². The summed E-state index contributed by atoms with van der Waals surface area (Å²) in [7, 11) is 0. The van der Waals surface area contributed by atoms with Gasteiger partial charge >= 0.3 is 0 Å². The normalized spacial score (nSPS) is 10.9. The van der Waals surface area contributed by atoms with Gasteiger partial charge in [0, 0.05) is 18.0 Å². The molecule has 0 spiro atoms. The highest BCUT2D eigenvalue weighted by molar-refractivity contribution is 5.89. The summed E-state index contributed by atoms with van der Waals surface area (Å²) in [5.41, 5.74) is 2.47. The molecule has 0 amide bonds. The molecule has 3 rings (SSSR count). The van der Waals surface area contributed by atoms with E-state index in [1.54, 1.807) is 4.57 Å². The van der Waals surface area contributed by atoms with Crippen LogP contribution < -0.4 is 15.0 Å². The summed E-state index contributed by atoms with van der Waals surface area (Å²) in [6.07, 6.45) is 8.67. The quantitative estimate of drug-likeness (QED) is 0.219. The van der Waals surface area contributed by atoms with Crippen molar-refractivity contribution < 1.29 is 14.6 Å². The molecule has 0 unspecified atom stereocenters. The van der Waals surface area contributed by atoms with Gasteiger partial charge in [0.1, 0.15) is 19.0 Å². The van der Waals surface area contributed by atoms with E-state index < -0.39 is 5.56 Å². The first-order chi connectivity index (χ1) is 16.5. The van der Waals surface area contributed by atoms with Gasteiger partial charge in [0.15, 0.2) is 5.75 Å². The van der Waals surface area contributed by atoms with Gasteiger partial charge in [-0.05, 0) is 44.0 Å². The summed E-state index contributed by atoms with van der Waals surface area (Å²) in [6.45, 7) is 7.44. The highest BCUT2D eigenvalue weighted by Crippen LogP contribution is 2.34. The number of hydrogen-bond donors (Lipinski definition) is 1. The number of allylic oxidation sites excluding steroid dienone is 1. The number of ether oxygens (including phenoxy) is 2. The maximum atomic E-state index is 13.1. The van der Waals surface area contributed by atoms with Gasteiger partial charge in [-0.25, -0.2) is 0 Å². The van der Waals surface area contributed by atoms with Gasteiger partial charge in [-0.2, -0.15) is 0 Å². The van der Waals surface area contributed by atoms with Crippen LogP contribution in [0.2, 0.25) is 0 Å². The van der Waals surface area contributed by atoms with E-state index in [1.165, 1.54) is 19.3 Å². The van der Waals surface area contributed by atoms with E-state index in [2.05, 4.69) is 6.92 Å². The van der Waals surface area contributed by atoms with Crippen LogP contribution in [0.4, 0.5) is 0 Å². The van der Waals surface area contributed by atoms with Crippen LogP contribution in [0.15, 0.2) is 65.0 Å². The topological polar surface area (TPSA) is 60.7 Å². The fourth-order valence-corrected chi connectivity index (χ4v) is 3.93. The summed E-state index contributed by atoms with van der Waals surface area (Å²) in [5, 5.41) is 11.4. The van der Waals surface area contributed by atoms with Gasteiger partial charge in [-0.3, -0.25) is 4.79 Å². The van der Waals surface area contributed by atoms with E-state index >= 15 is 0 Å². The van der Waals surface area contributed by atoms with Gasteiger partial charge in [-0.1, -0.05) is 74.9 Å². The van der Waals surface area contributed by atoms with Crippen molar-refractivity contribution in [3.63, 3.8) is 0 Å². The number of rotatable bonds is 13. The largest absolute Gasteiger partial charge is 0.500 e. The van der Waals surface area contributed by atoms with E-state index in [0.29, 0.717) is 29.8 Å². The average Bonchev–Trinajstić information content (AvgIpc) is 2.84. The number of fused-ring (bicyclic) bond motifs is 1. The van der Waals surface area contributed by atoms with Gasteiger partial charge in [0.05, 0.1) is 5.52 Å².